The maximum atomic E-state index is 11.2. The molecule has 4 N–H and O–H groups in total. The molecule has 1 aromatic carbocycles. The molecule has 0 aliphatic carbocycles. The summed E-state index contributed by atoms with van der Waals surface area (Å²) in [5.74, 6) is 0.0326. The summed E-state index contributed by atoms with van der Waals surface area (Å²) in [6.07, 6.45) is 0.979. The summed E-state index contributed by atoms with van der Waals surface area (Å²) in [4.78, 5) is 15.4. The number of amides is 1. The number of anilines is 1. The average Bonchev–Trinajstić information content (AvgIpc) is 2.56. The number of imidazole rings is 1. The Morgan fingerprint density at radius 3 is 2.76 bits per heavy atom. The number of hydrogen-bond donors (Lipinski definition) is 2. The fraction of sp³-hybridized carbons (Fsp3) is 0.333. The van der Waals surface area contributed by atoms with E-state index in [0.29, 0.717) is 11.5 Å². The van der Waals surface area contributed by atoms with Crippen molar-refractivity contribution in [3.8, 4) is 0 Å². The van der Waals surface area contributed by atoms with E-state index in [1.807, 2.05) is 11.5 Å². The van der Waals surface area contributed by atoms with Gasteiger partial charge in [-0.2, -0.15) is 0 Å². The Morgan fingerprint density at radius 1 is 1.47 bits per heavy atom. The van der Waals surface area contributed by atoms with Gasteiger partial charge in [0.05, 0.1) is 11.0 Å². The monoisotopic (exact) mass is 232 g/mol. The van der Waals surface area contributed by atoms with E-state index in [0.717, 1.165) is 29.6 Å². The van der Waals surface area contributed by atoms with Crippen LogP contribution in [0.3, 0.4) is 0 Å². The lowest BCUT2D eigenvalue weighted by Crippen LogP contribution is -2.11. The fourth-order valence-electron chi connectivity index (χ4n) is 2.09. The van der Waals surface area contributed by atoms with Crippen LogP contribution in [0.15, 0.2) is 12.1 Å². The molecule has 0 aliphatic rings. The van der Waals surface area contributed by atoms with Crippen molar-refractivity contribution >= 4 is 22.9 Å². The highest BCUT2D eigenvalue weighted by Gasteiger charge is 2.12. The number of benzene rings is 1. The van der Waals surface area contributed by atoms with Crippen molar-refractivity contribution in [2.24, 2.45) is 5.73 Å². The van der Waals surface area contributed by atoms with Crippen molar-refractivity contribution in [1.82, 2.24) is 9.55 Å². The summed E-state index contributed by atoms with van der Waals surface area (Å²) < 4.78 is 1.97. The van der Waals surface area contributed by atoms with Crippen LogP contribution in [0.5, 0.6) is 0 Å². The third kappa shape index (κ3) is 1.84. The molecule has 2 rings (SSSR count). The zero-order valence-electron chi connectivity index (χ0n) is 10.0. The van der Waals surface area contributed by atoms with Crippen LogP contribution in [0.2, 0.25) is 0 Å². The van der Waals surface area contributed by atoms with Crippen LogP contribution in [0, 0.1) is 6.92 Å². The summed E-state index contributed by atoms with van der Waals surface area (Å²) in [6, 6.07) is 3.46. The van der Waals surface area contributed by atoms with Crippen molar-refractivity contribution in [2.45, 2.75) is 26.8 Å². The minimum absolute atomic E-state index is 0.446. The third-order valence-corrected chi connectivity index (χ3v) is 2.79. The van der Waals surface area contributed by atoms with Crippen molar-refractivity contribution in [1.29, 1.82) is 0 Å². The van der Waals surface area contributed by atoms with Gasteiger partial charge in [0, 0.05) is 12.1 Å². The molecule has 0 saturated heterocycles. The number of carbonyl (C=O) groups is 1. The normalized spacial score (nSPS) is 10.9. The lowest BCUT2D eigenvalue weighted by atomic mass is 10.1. The number of nitrogens with two attached hydrogens (primary N) is 2. The van der Waals surface area contributed by atoms with Crippen LogP contribution in [0.1, 0.15) is 29.3 Å². The summed E-state index contributed by atoms with van der Waals surface area (Å²) >= 11 is 0. The van der Waals surface area contributed by atoms with Gasteiger partial charge in [-0.3, -0.25) is 4.79 Å². The minimum atomic E-state index is -0.446. The second-order valence-corrected chi connectivity index (χ2v) is 4.15. The second kappa shape index (κ2) is 4.08. The van der Waals surface area contributed by atoms with E-state index in [4.69, 9.17) is 11.5 Å². The first-order valence-corrected chi connectivity index (χ1v) is 5.60. The first-order chi connectivity index (χ1) is 8.04. The Morgan fingerprint density at radius 2 is 2.18 bits per heavy atom. The highest BCUT2D eigenvalue weighted by atomic mass is 16.1. The predicted octanol–water partition coefficient (Wildman–Crippen LogP) is 1.44. The quantitative estimate of drug-likeness (QED) is 0.839. The SMILES string of the molecule is CCCn1c(N)nc2cc(C(N)=O)cc(C)c21. The Labute approximate surface area is 99.4 Å². The van der Waals surface area contributed by atoms with E-state index in [-0.39, 0.29) is 0 Å². The smallest absolute Gasteiger partial charge is 0.248 e. The van der Waals surface area contributed by atoms with Gasteiger partial charge in [0.2, 0.25) is 11.9 Å². The summed E-state index contributed by atoms with van der Waals surface area (Å²) in [7, 11) is 0. The van der Waals surface area contributed by atoms with Gasteiger partial charge in [0.15, 0.2) is 0 Å². The molecule has 0 bridgehead atoms. The molecule has 2 aromatic rings. The van der Waals surface area contributed by atoms with Gasteiger partial charge in [-0.25, -0.2) is 4.98 Å². The van der Waals surface area contributed by atoms with Crippen molar-refractivity contribution in [2.75, 3.05) is 5.73 Å². The van der Waals surface area contributed by atoms with E-state index in [1.165, 1.54) is 0 Å². The molecule has 5 heteroatoms. The number of fused-ring (bicyclic) bond motifs is 1. The van der Waals surface area contributed by atoms with Crippen molar-refractivity contribution in [3.63, 3.8) is 0 Å². The summed E-state index contributed by atoms with van der Waals surface area (Å²) in [6.45, 7) is 4.83. The third-order valence-electron chi connectivity index (χ3n) is 2.79. The maximum absolute atomic E-state index is 11.2. The van der Waals surface area contributed by atoms with Gasteiger partial charge in [-0.1, -0.05) is 6.92 Å². The zero-order valence-corrected chi connectivity index (χ0v) is 10.0. The van der Waals surface area contributed by atoms with Crippen LogP contribution in [-0.2, 0) is 6.54 Å². The van der Waals surface area contributed by atoms with Crippen LogP contribution in [0.25, 0.3) is 11.0 Å². The van der Waals surface area contributed by atoms with E-state index in [9.17, 15) is 4.79 Å². The standard InChI is InChI=1S/C12H16N4O/c1-3-4-16-10-7(2)5-8(11(13)17)6-9(10)15-12(16)14/h5-6H,3-4H2,1-2H3,(H2,13,17)(H2,14,15). The van der Waals surface area contributed by atoms with E-state index in [2.05, 4.69) is 11.9 Å². The van der Waals surface area contributed by atoms with E-state index < -0.39 is 5.91 Å². The first kappa shape index (κ1) is 11.4. The molecule has 0 atom stereocenters. The van der Waals surface area contributed by atoms with Gasteiger partial charge in [0.1, 0.15) is 0 Å². The van der Waals surface area contributed by atoms with Crippen LogP contribution >= 0.6 is 0 Å². The second-order valence-electron chi connectivity index (χ2n) is 4.15. The minimum Gasteiger partial charge on any atom is -0.369 e. The van der Waals surface area contributed by atoms with Crippen LogP contribution in [-0.4, -0.2) is 15.5 Å². The van der Waals surface area contributed by atoms with Gasteiger partial charge >= 0.3 is 0 Å². The Balaban J connectivity index is 2.72. The molecule has 0 fully saturated rings. The number of aromatic nitrogens is 2. The molecule has 0 spiro atoms. The number of primary amides is 1. The molecule has 1 amide bonds. The zero-order chi connectivity index (χ0) is 12.6. The Hall–Kier alpha value is -2.04. The summed E-state index contributed by atoms with van der Waals surface area (Å²) in [5, 5.41) is 0. The topological polar surface area (TPSA) is 86.9 Å². The molecule has 1 heterocycles. The molecular weight excluding hydrogens is 216 g/mol. The fourth-order valence-corrected chi connectivity index (χ4v) is 2.09. The Kier molecular flexibility index (Phi) is 2.75. The van der Waals surface area contributed by atoms with Gasteiger partial charge < -0.3 is 16.0 Å². The largest absolute Gasteiger partial charge is 0.369 e. The molecule has 5 nitrogen and oxygen atoms in total. The van der Waals surface area contributed by atoms with E-state index >= 15 is 0 Å². The number of aryl methyl sites for hydroxylation is 2. The number of carbonyl (C=O) groups excluding carboxylic acids is 1. The molecule has 0 saturated carbocycles. The number of nitrogen functional groups attached to an aromatic ring is 1. The number of rotatable bonds is 3. The highest BCUT2D eigenvalue weighted by Crippen LogP contribution is 2.23. The molecule has 90 valence electrons. The Bertz CT molecular complexity index is 586. The van der Waals surface area contributed by atoms with Gasteiger partial charge in [-0.05, 0) is 31.0 Å². The molecule has 0 radical (unpaired) electrons. The van der Waals surface area contributed by atoms with Gasteiger partial charge in [0.25, 0.3) is 0 Å². The van der Waals surface area contributed by atoms with Crippen molar-refractivity contribution < 1.29 is 4.79 Å². The molecular formula is C12H16N4O. The van der Waals surface area contributed by atoms with E-state index in [1.54, 1.807) is 12.1 Å². The van der Waals surface area contributed by atoms with Crippen molar-refractivity contribution in [3.05, 3.63) is 23.3 Å². The molecule has 1 aromatic heterocycles. The van der Waals surface area contributed by atoms with Gasteiger partial charge in [-0.15, -0.1) is 0 Å². The van der Waals surface area contributed by atoms with Crippen LogP contribution in [0.4, 0.5) is 5.95 Å². The molecule has 0 unspecified atom stereocenters. The van der Waals surface area contributed by atoms with Crippen LogP contribution < -0.4 is 11.5 Å². The summed E-state index contributed by atoms with van der Waals surface area (Å²) in [5.41, 5.74) is 14.3. The molecule has 0 aliphatic heterocycles. The molecule has 17 heavy (non-hydrogen) atoms. The maximum Gasteiger partial charge on any atom is 0.248 e. The lowest BCUT2D eigenvalue weighted by molar-refractivity contribution is 0.100. The number of nitrogens with zero attached hydrogens (tertiary/aromatic N) is 2. The predicted molar refractivity (Wildman–Crippen MR) is 67.7 cm³/mol. The lowest BCUT2D eigenvalue weighted by Gasteiger charge is -2.06. The average molecular weight is 232 g/mol. The number of hydrogen-bond acceptors (Lipinski definition) is 3. The highest BCUT2D eigenvalue weighted by molar-refractivity contribution is 5.97. The first-order valence-electron chi connectivity index (χ1n) is 5.60.